The smallest absolute Gasteiger partial charge is 0.128 e. The lowest BCUT2D eigenvalue weighted by Gasteiger charge is -2.32. The minimum atomic E-state index is -0.198. The fraction of sp³-hybridized carbons (Fsp3) is 0.438. The van der Waals surface area contributed by atoms with Gasteiger partial charge in [-0.15, -0.1) is 0 Å². The average molecular weight is 368 g/mol. The van der Waals surface area contributed by atoms with E-state index in [2.05, 4.69) is 26.3 Å². The van der Waals surface area contributed by atoms with Gasteiger partial charge in [0.15, 0.2) is 0 Å². The Morgan fingerprint density at radius 2 is 2.36 bits per heavy atom. The second kappa shape index (κ2) is 6.89. The Hall–Kier alpha value is -1.24. The van der Waals surface area contributed by atoms with Gasteiger partial charge < -0.3 is 10.1 Å². The van der Waals surface area contributed by atoms with Crippen LogP contribution in [0.2, 0.25) is 0 Å². The van der Waals surface area contributed by atoms with E-state index in [-0.39, 0.29) is 18.0 Å². The van der Waals surface area contributed by atoms with Gasteiger partial charge in [-0.05, 0) is 25.0 Å². The molecule has 22 heavy (non-hydrogen) atoms. The van der Waals surface area contributed by atoms with E-state index in [1.54, 1.807) is 10.7 Å². The van der Waals surface area contributed by atoms with Gasteiger partial charge in [-0.2, -0.15) is 5.10 Å². The predicted octanol–water partition coefficient (Wildman–Crippen LogP) is 3.33. The van der Waals surface area contributed by atoms with Crippen LogP contribution in [0, 0.1) is 5.82 Å². The maximum Gasteiger partial charge on any atom is 0.128 e. The quantitative estimate of drug-likeness (QED) is 0.900. The molecule has 1 aliphatic heterocycles. The highest BCUT2D eigenvalue weighted by Crippen LogP contribution is 2.28. The molecule has 2 heterocycles. The second-order valence-electron chi connectivity index (χ2n) is 5.60. The molecular weight excluding hydrogens is 349 g/mol. The molecule has 0 unspecified atom stereocenters. The summed E-state index contributed by atoms with van der Waals surface area (Å²) in [5.41, 5.74) is 1.73. The van der Waals surface area contributed by atoms with Crippen LogP contribution in [0.1, 0.15) is 30.1 Å². The number of benzene rings is 1. The average Bonchev–Trinajstić information content (AvgIpc) is 2.93. The van der Waals surface area contributed by atoms with Crippen LogP contribution >= 0.6 is 15.9 Å². The highest BCUT2D eigenvalue weighted by atomic mass is 79.9. The Balaban J connectivity index is 1.69. The van der Waals surface area contributed by atoms with Gasteiger partial charge in [-0.3, -0.25) is 4.68 Å². The Labute approximate surface area is 137 Å². The van der Waals surface area contributed by atoms with E-state index in [4.69, 9.17) is 4.74 Å². The standard InChI is InChI=1S/C16H19BrFN3O/c1-21-10-12(9-20-21)16-15(3-2-6-22-16)19-8-11-4-5-13(17)7-14(11)18/h4-5,7,9-10,15-16,19H,2-3,6,8H2,1H3/t15-,16+/m0/s1. The summed E-state index contributed by atoms with van der Waals surface area (Å²) in [6, 6.07) is 5.32. The summed E-state index contributed by atoms with van der Waals surface area (Å²) in [6.45, 7) is 1.24. The summed E-state index contributed by atoms with van der Waals surface area (Å²) >= 11 is 3.28. The van der Waals surface area contributed by atoms with Gasteiger partial charge in [0.1, 0.15) is 11.9 Å². The number of ether oxygens (including phenoxy) is 1. The molecule has 1 saturated heterocycles. The fourth-order valence-electron chi connectivity index (χ4n) is 2.81. The summed E-state index contributed by atoms with van der Waals surface area (Å²) in [6.07, 6.45) is 5.81. The van der Waals surface area contributed by atoms with Gasteiger partial charge in [0, 0.05) is 48.0 Å². The summed E-state index contributed by atoms with van der Waals surface area (Å²) < 4.78 is 22.4. The van der Waals surface area contributed by atoms with Crippen molar-refractivity contribution in [3.63, 3.8) is 0 Å². The molecular formula is C16H19BrFN3O. The third-order valence-electron chi connectivity index (χ3n) is 3.95. The zero-order chi connectivity index (χ0) is 15.5. The predicted molar refractivity (Wildman–Crippen MR) is 85.9 cm³/mol. The topological polar surface area (TPSA) is 39.1 Å². The van der Waals surface area contributed by atoms with Crippen molar-refractivity contribution < 1.29 is 9.13 Å². The van der Waals surface area contributed by atoms with Crippen LogP contribution in [-0.2, 0) is 18.3 Å². The number of aryl methyl sites for hydroxylation is 1. The molecule has 2 atom stereocenters. The molecule has 0 spiro atoms. The van der Waals surface area contributed by atoms with E-state index in [1.807, 2.05) is 25.5 Å². The molecule has 1 fully saturated rings. The van der Waals surface area contributed by atoms with Crippen molar-refractivity contribution in [1.29, 1.82) is 0 Å². The van der Waals surface area contributed by atoms with E-state index < -0.39 is 0 Å². The molecule has 6 heteroatoms. The Kier molecular flexibility index (Phi) is 4.90. The number of nitrogens with zero attached hydrogens (tertiary/aromatic N) is 2. The molecule has 1 aromatic carbocycles. The highest BCUT2D eigenvalue weighted by Gasteiger charge is 2.28. The van der Waals surface area contributed by atoms with E-state index in [1.165, 1.54) is 6.07 Å². The zero-order valence-corrected chi connectivity index (χ0v) is 14.0. The first-order valence-corrected chi connectivity index (χ1v) is 8.20. The van der Waals surface area contributed by atoms with Crippen LogP contribution in [0.25, 0.3) is 0 Å². The van der Waals surface area contributed by atoms with Crippen LogP contribution in [0.3, 0.4) is 0 Å². The third kappa shape index (κ3) is 3.56. The molecule has 2 aromatic rings. The first-order valence-electron chi connectivity index (χ1n) is 7.41. The van der Waals surface area contributed by atoms with Crippen molar-refractivity contribution in [2.24, 2.45) is 7.05 Å². The zero-order valence-electron chi connectivity index (χ0n) is 12.4. The molecule has 118 valence electrons. The molecule has 1 N–H and O–H groups in total. The number of halogens is 2. The van der Waals surface area contributed by atoms with Crippen LogP contribution in [0.15, 0.2) is 35.1 Å². The number of hydrogen-bond donors (Lipinski definition) is 1. The number of hydrogen-bond acceptors (Lipinski definition) is 3. The van der Waals surface area contributed by atoms with Gasteiger partial charge in [-0.1, -0.05) is 22.0 Å². The second-order valence-corrected chi connectivity index (χ2v) is 6.52. The van der Waals surface area contributed by atoms with Crippen molar-refractivity contribution >= 4 is 15.9 Å². The Bertz CT molecular complexity index is 646. The van der Waals surface area contributed by atoms with E-state index >= 15 is 0 Å². The minimum absolute atomic E-state index is 0.0269. The lowest BCUT2D eigenvalue weighted by atomic mass is 9.98. The normalized spacial score (nSPS) is 22.0. The molecule has 1 aromatic heterocycles. The number of aromatic nitrogens is 2. The maximum absolute atomic E-state index is 13.9. The largest absolute Gasteiger partial charge is 0.372 e. The van der Waals surface area contributed by atoms with Crippen molar-refractivity contribution in [3.8, 4) is 0 Å². The number of rotatable bonds is 4. The third-order valence-corrected chi connectivity index (χ3v) is 4.44. The lowest BCUT2D eigenvalue weighted by molar-refractivity contribution is -0.0113. The first kappa shape index (κ1) is 15.6. The molecule has 0 radical (unpaired) electrons. The Morgan fingerprint density at radius 3 is 3.09 bits per heavy atom. The maximum atomic E-state index is 13.9. The summed E-state index contributed by atoms with van der Waals surface area (Å²) in [7, 11) is 1.89. The summed E-state index contributed by atoms with van der Waals surface area (Å²) in [5.74, 6) is -0.198. The summed E-state index contributed by atoms with van der Waals surface area (Å²) in [4.78, 5) is 0. The summed E-state index contributed by atoms with van der Waals surface area (Å²) in [5, 5.41) is 7.65. The SMILES string of the molecule is Cn1cc([C@H]2OCCC[C@@H]2NCc2ccc(Br)cc2F)cn1. The highest BCUT2D eigenvalue weighted by molar-refractivity contribution is 9.10. The van der Waals surface area contributed by atoms with Crippen LogP contribution in [0.5, 0.6) is 0 Å². The van der Waals surface area contributed by atoms with Crippen molar-refractivity contribution in [3.05, 3.63) is 52.0 Å². The van der Waals surface area contributed by atoms with Crippen LogP contribution < -0.4 is 5.32 Å². The fourth-order valence-corrected chi connectivity index (χ4v) is 3.15. The minimum Gasteiger partial charge on any atom is -0.372 e. The molecule has 0 aliphatic carbocycles. The first-order chi connectivity index (χ1) is 10.6. The van der Waals surface area contributed by atoms with Gasteiger partial charge in [-0.25, -0.2) is 4.39 Å². The van der Waals surface area contributed by atoms with Crippen molar-refractivity contribution in [1.82, 2.24) is 15.1 Å². The lowest BCUT2D eigenvalue weighted by Crippen LogP contribution is -2.39. The van der Waals surface area contributed by atoms with Gasteiger partial charge in [0.25, 0.3) is 0 Å². The van der Waals surface area contributed by atoms with Gasteiger partial charge in [0.05, 0.1) is 6.20 Å². The van der Waals surface area contributed by atoms with Crippen molar-refractivity contribution in [2.75, 3.05) is 6.61 Å². The van der Waals surface area contributed by atoms with E-state index in [0.29, 0.717) is 12.1 Å². The molecule has 0 saturated carbocycles. The monoisotopic (exact) mass is 367 g/mol. The van der Waals surface area contributed by atoms with Gasteiger partial charge in [0.2, 0.25) is 0 Å². The molecule has 0 bridgehead atoms. The van der Waals surface area contributed by atoms with E-state index in [9.17, 15) is 4.39 Å². The Morgan fingerprint density at radius 1 is 1.50 bits per heavy atom. The molecule has 3 rings (SSSR count). The molecule has 1 aliphatic rings. The van der Waals surface area contributed by atoms with Crippen LogP contribution in [0.4, 0.5) is 4.39 Å². The van der Waals surface area contributed by atoms with Gasteiger partial charge >= 0.3 is 0 Å². The molecule has 4 nitrogen and oxygen atoms in total. The van der Waals surface area contributed by atoms with E-state index in [0.717, 1.165) is 29.5 Å². The van der Waals surface area contributed by atoms with Crippen LogP contribution in [-0.4, -0.2) is 22.4 Å². The molecule has 0 amide bonds. The van der Waals surface area contributed by atoms with Crippen molar-refractivity contribution in [2.45, 2.75) is 31.5 Å². The number of nitrogens with one attached hydrogen (secondary N) is 1.